The maximum absolute atomic E-state index is 12.2. The van der Waals surface area contributed by atoms with Crippen LogP contribution in [0.2, 0.25) is 0 Å². The van der Waals surface area contributed by atoms with Crippen LogP contribution in [0.5, 0.6) is 0 Å². The van der Waals surface area contributed by atoms with Crippen molar-refractivity contribution < 1.29 is 4.79 Å². The number of nitrogens with one attached hydrogen (secondary N) is 1. The van der Waals surface area contributed by atoms with E-state index in [1.165, 1.54) is 5.56 Å². The van der Waals surface area contributed by atoms with E-state index in [1.54, 1.807) is 0 Å². The van der Waals surface area contributed by atoms with Gasteiger partial charge in [0.2, 0.25) is 0 Å². The molecular formula is C20H17NO. The lowest BCUT2D eigenvalue weighted by Crippen LogP contribution is -2.11. The van der Waals surface area contributed by atoms with E-state index in [2.05, 4.69) is 17.4 Å². The highest BCUT2D eigenvalue weighted by Crippen LogP contribution is 2.21. The predicted octanol–water partition coefficient (Wildman–Crippen LogP) is 4.91. The second-order valence-corrected chi connectivity index (χ2v) is 5.26. The largest absolute Gasteiger partial charge is 0.322 e. The molecule has 0 fully saturated rings. The van der Waals surface area contributed by atoms with Crippen molar-refractivity contribution in [1.82, 2.24) is 0 Å². The van der Waals surface area contributed by atoms with Gasteiger partial charge in [-0.15, -0.1) is 0 Å². The van der Waals surface area contributed by atoms with E-state index in [9.17, 15) is 4.79 Å². The Bertz CT molecular complexity index is 759. The third-order valence-electron chi connectivity index (χ3n) is 3.56. The standard InChI is InChI=1S/C20H17NO/c1-15-7-9-18(10-8-15)20(22)21-19-13-11-17(12-14-19)16-5-3-2-4-6-16/h2-14H,1H3,(H,21,22). The zero-order valence-electron chi connectivity index (χ0n) is 12.4. The van der Waals surface area contributed by atoms with Crippen molar-refractivity contribution in [2.45, 2.75) is 6.92 Å². The van der Waals surface area contributed by atoms with Gasteiger partial charge in [0.15, 0.2) is 0 Å². The fourth-order valence-corrected chi connectivity index (χ4v) is 2.28. The Labute approximate surface area is 130 Å². The molecule has 2 nitrogen and oxygen atoms in total. The quantitative estimate of drug-likeness (QED) is 0.728. The highest BCUT2D eigenvalue weighted by Gasteiger charge is 2.05. The van der Waals surface area contributed by atoms with Gasteiger partial charge in [0, 0.05) is 11.3 Å². The maximum atomic E-state index is 12.2. The minimum absolute atomic E-state index is 0.0903. The highest BCUT2D eigenvalue weighted by molar-refractivity contribution is 6.04. The van der Waals surface area contributed by atoms with Crippen LogP contribution < -0.4 is 5.32 Å². The zero-order valence-corrected chi connectivity index (χ0v) is 12.4. The molecule has 0 atom stereocenters. The van der Waals surface area contributed by atoms with E-state index in [0.717, 1.165) is 16.8 Å². The predicted molar refractivity (Wildman–Crippen MR) is 91.0 cm³/mol. The minimum Gasteiger partial charge on any atom is -0.322 e. The summed E-state index contributed by atoms with van der Waals surface area (Å²) in [5.74, 6) is -0.0903. The second kappa shape index (κ2) is 6.27. The van der Waals surface area contributed by atoms with E-state index in [4.69, 9.17) is 0 Å². The number of aryl methyl sites for hydroxylation is 1. The average molecular weight is 287 g/mol. The van der Waals surface area contributed by atoms with Crippen molar-refractivity contribution in [3.8, 4) is 11.1 Å². The van der Waals surface area contributed by atoms with Crippen molar-refractivity contribution in [2.24, 2.45) is 0 Å². The normalized spacial score (nSPS) is 10.2. The van der Waals surface area contributed by atoms with Crippen molar-refractivity contribution in [1.29, 1.82) is 0 Å². The molecule has 108 valence electrons. The molecule has 0 aliphatic heterocycles. The van der Waals surface area contributed by atoms with Crippen LogP contribution in [0.15, 0.2) is 78.9 Å². The molecule has 1 amide bonds. The molecular weight excluding hydrogens is 270 g/mol. The molecule has 0 unspecified atom stereocenters. The molecule has 22 heavy (non-hydrogen) atoms. The van der Waals surface area contributed by atoms with Gasteiger partial charge < -0.3 is 5.32 Å². The fourth-order valence-electron chi connectivity index (χ4n) is 2.28. The molecule has 0 radical (unpaired) electrons. The lowest BCUT2D eigenvalue weighted by atomic mass is 10.1. The Morgan fingerprint density at radius 3 is 1.95 bits per heavy atom. The van der Waals surface area contributed by atoms with Crippen LogP contribution in [-0.4, -0.2) is 5.91 Å². The number of benzene rings is 3. The summed E-state index contributed by atoms with van der Waals surface area (Å²) in [7, 11) is 0. The van der Waals surface area contributed by atoms with Gasteiger partial charge in [0.25, 0.3) is 5.91 Å². The Kier molecular flexibility index (Phi) is 4.01. The summed E-state index contributed by atoms with van der Waals surface area (Å²) in [5.41, 5.74) is 4.90. The van der Waals surface area contributed by atoms with Gasteiger partial charge in [-0.3, -0.25) is 4.79 Å². The molecule has 3 aromatic rings. The number of hydrogen-bond donors (Lipinski definition) is 1. The van der Waals surface area contributed by atoms with Crippen LogP contribution in [0.25, 0.3) is 11.1 Å². The molecule has 1 N–H and O–H groups in total. The van der Waals surface area contributed by atoms with Gasteiger partial charge in [-0.2, -0.15) is 0 Å². The molecule has 0 saturated carbocycles. The molecule has 0 spiro atoms. The van der Waals surface area contributed by atoms with Crippen LogP contribution in [0, 0.1) is 6.92 Å². The summed E-state index contributed by atoms with van der Waals surface area (Å²) in [6, 6.07) is 25.6. The second-order valence-electron chi connectivity index (χ2n) is 5.26. The summed E-state index contributed by atoms with van der Waals surface area (Å²) in [6.07, 6.45) is 0. The van der Waals surface area contributed by atoms with Gasteiger partial charge in [-0.1, -0.05) is 60.2 Å². The summed E-state index contributed by atoms with van der Waals surface area (Å²) >= 11 is 0. The zero-order chi connectivity index (χ0) is 15.4. The molecule has 3 aromatic carbocycles. The van der Waals surface area contributed by atoms with Gasteiger partial charge in [-0.25, -0.2) is 0 Å². The molecule has 0 aliphatic carbocycles. The number of carbonyl (C=O) groups excluding carboxylic acids is 1. The Morgan fingerprint density at radius 1 is 0.727 bits per heavy atom. The molecule has 0 heterocycles. The molecule has 0 bridgehead atoms. The number of carbonyl (C=O) groups is 1. The molecule has 3 rings (SSSR count). The van der Waals surface area contributed by atoms with Crippen molar-refractivity contribution in [2.75, 3.05) is 5.32 Å². The monoisotopic (exact) mass is 287 g/mol. The van der Waals surface area contributed by atoms with Gasteiger partial charge >= 0.3 is 0 Å². The summed E-state index contributed by atoms with van der Waals surface area (Å²) in [6.45, 7) is 2.00. The molecule has 0 aromatic heterocycles. The number of rotatable bonds is 3. The van der Waals surface area contributed by atoms with E-state index in [1.807, 2.05) is 73.7 Å². The Balaban J connectivity index is 1.73. The topological polar surface area (TPSA) is 29.1 Å². The van der Waals surface area contributed by atoms with Crippen LogP contribution in [0.1, 0.15) is 15.9 Å². The van der Waals surface area contributed by atoms with Crippen LogP contribution >= 0.6 is 0 Å². The molecule has 0 saturated heterocycles. The van der Waals surface area contributed by atoms with Crippen LogP contribution in [0.4, 0.5) is 5.69 Å². The van der Waals surface area contributed by atoms with Crippen molar-refractivity contribution in [3.63, 3.8) is 0 Å². The van der Waals surface area contributed by atoms with Crippen LogP contribution in [0.3, 0.4) is 0 Å². The number of hydrogen-bond acceptors (Lipinski definition) is 1. The molecule has 2 heteroatoms. The van der Waals surface area contributed by atoms with Gasteiger partial charge in [0.1, 0.15) is 0 Å². The SMILES string of the molecule is Cc1ccc(C(=O)Nc2ccc(-c3ccccc3)cc2)cc1. The average Bonchev–Trinajstić information content (AvgIpc) is 2.57. The lowest BCUT2D eigenvalue weighted by Gasteiger charge is -2.07. The van der Waals surface area contributed by atoms with Crippen molar-refractivity contribution in [3.05, 3.63) is 90.0 Å². The highest BCUT2D eigenvalue weighted by atomic mass is 16.1. The van der Waals surface area contributed by atoms with Crippen molar-refractivity contribution >= 4 is 11.6 Å². The maximum Gasteiger partial charge on any atom is 0.255 e. The summed E-state index contributed by atoms with van der Waals surface area (Å²) in [5, 5.41) is 2.92. The fraction of sp³-hybridized carbons (Fsp3) is 0.0500. The van der Waals surface area contributed by atoms with E-state index in [0.29, 0.717) is 5.56 Å². The Morgan fingerprint density at radius 2 is 1.32 bits per heavy atom. The van der Waals surface area contributed by atoms with Gasteiger partial charge in [-0.05, 0) is 42.3 Å². The van der Waals surface area contributed by atoms with E-state index < -0.39 is 0 Å². The minimum atomic E-state index is -0.0903. The number of amides is 1. The third kappa shape index (κ3) is 3.23. The van der Waals surface area contributed by atoms with E-state index in [-0.39, 0.29) is 5.91 Å². The first kappa shape index (κ1) is 14.1. The third-order valence-corrected chi connectivity index (χ3v) is 3.56. The lowest BCUT2D eigenvalue weighted by molar-refractivity contribution is 0.102. The first-order chi connectivity index (χ1) is 10.7. The number of anilines is 1. The van der Waals surface area contributed by atoms with Gasteiger partial charge in [0.05, 0.1) is 0 Å². The molecule has 0 aliphatic rings. The first-order valence-corrected chi connectivity index (χ1v) is 7.26. The van der Waals surface area contributed by atoms with E-state index >= 15 is 0 Å². The first-order valence-electron chi connectivity index (χ1n) is 7.26. The summed E-state index contributed by atoms with van der Waals surface area (Å²) < 4.78 is 0. The van der Waals surface area contributed by atoms with Crippen LogP contribution in [-0.2, 0) is 0 Å². The Hall–Kier alpha value is -2.87. The summed E-state index contributed by atoms with van der Waals surface area (Å²) in [4.78, 5) is 12.2. The smallest absolute Gasteiger partial charge is 0.255 e.